The van der Waals surface area contributed by atoms with Crippen molar-refractivity contribution in [1.29, 1.82) is 5.26 Å². The van der Waals surface area contributed by atoms with Crippen molar-refractivity contribution in [2.45, 2.75) is 33.2 Å². The van der Waals surface area contributed by atoms with Gasteiger partial charge in [0.1, 0.15) is 6.54 Å². The van der Waals surface area contributed by atoms with Gasteiger partial charge in [-0.15, -0.1) is 6.01 Å². The van der Waals surface area contributed by atoms with Gasteiger partial charge in [0.05, 0.1) is 11.6 Å². The highest BCUT2D eigenvalue weighted by Crippen LogP contribution is 1.97. The predicted octanol–water partition coefficient (Wildman–Crippen LogP) is 2.35. The van der Waals surface area contributed by atoms with Crippen LogP contribution in [-0.2, 0) is 6.54 Å². The topological polar surface area (TPSA) is 62.3 Å². The number of hydrogen-bond donors (Lipinski definition) is 0. The van der Waals surface area contributed by atoms with Crippen LogP contribution >= 0.6 is 11.3 Å². The molecule has 0 aliphatic carbocycles. The molecule has 1 aromatic rings. The first-order valence-corrected chi connectivity index (χ1v) is 5.60. The van der Waals surface area contributed by atoms with E-state index in [0.717, 1.165) is 0 Å². The molecule has 0 fully saturated rings. The van der Waals surface area contributed by atoms with Crippen LogP contribution in [0.1, 0.15) is 25.5 Å². The van der Waals surface area contributed by atoms with Gasteiger partial charge in [0.25, 0.3) is 0 Å². The molecular formula is C10H14N4S. The second-order valence-corrected chi connectivity index (χ2v) is 3.58. The number of hydrogen-bond acceptors (Lipinski definition) is 3. The van der Waals surface area contributed by atoms with Crippen LogP contribution in [0.2, 0.25) is 0 Å². The Morgan fingerprint density at radius 2 is 2.40 bits per heavy atom. The SMILES string of the molecule is CCCC[n+]1cscc1C.N#CN=C=[N-]. The molecule has 0 N–H and O–H groups in total. The number of aliphatic imine (C=N–C) groups is 1. The molecule has 0 spiro atoms. The van der Waals surface area contributed by atoms with E-state index in [1.807, 2.05) is 0 Å². The molecule has 0 radical (unpaired) electrons. The summed E-state index contributed by atoms with van der Waals surface area (Å²) in [6.45, 7) is 5.57. The molecule has 1 aromatic heterocycles. The Morgan fingerprint density at radius 1 is 1.67 bits per heavy atom. The molecule has 0 unspecified atom stereocenters. The second-order valence-electron chi connectivity index (χ2n) is 2.86. The Balaban J connectivity index is 0.000000336. The van der Waals surface area contributed by atoms with Gasteiger partial charge in [-0.25, -0.2) is 0 Å². The monoisotopic (exact) mass is 222 g/mol. The van der Waals surface area contributed by atoms with Crippen molar-refractivity contribution in [3.63, 3.8) is 0 Å². The highest BCUT2D eigenvalue weighted by Gasteiger charge is 2.03. The molecule has 0 aromatic carbocycles. The molecule has 0 saturated carbocycles. The Kier molecular flexibility index (Phi) is 8.16. The molecule has 0 saturated heterocycles. The lowest BCUT2D eigenvalue weighted by Crippen LogP contribution is -2.33. The zero-order valence-corrected chi connectivity index (χ0v) is 9.79. The van der Waals surface area contributed by atoms with E-state index in [0.29, 0.717) is 0 Å². The van der Waals surface area contributed by atoms with E-state index in [1.165, 1.54) is 37.3 Å². The van der Waals surface area contributed by atoms with Crippen LogP contribution in [0, 0.1) is 18.4 Å². The molecular weight excluding hydrogens is 208 g/mol. The minimum Gasteiger partial charge on any atom is -0.422 e. The summed E-state index contributed by atoms with van der Waals surface area (Å²) in [6.07, 6.45) is 3.86. The summed E-state index contributed by atoms with van der Waals surface area (Å²) in [7, 11) is 0. The van der Waals surface area contributed by atoms with Crippen molar-refractivity contribution in [2.24, 2.45) is 4.99 Å². The van der Waals surface area contributed by atoms with Crippen molar-refractivity contribution in [1.82, 2.24) is 0 Å². The van der Waals surface area contributed by atoms with E-state index in [4.69, 9.17) is 10.7 Å². The van der Waals surface area contributed by atoms with E-state index in [-0.39, 0.29) is 0 Å². The second kappa shape index (κ2) is 9.07. The molecule has 0 atom stereocenters. The molecule has 15 heavy (non-hydrogen) atoms. The third-order valence-electron chi connectivity index (χ3n) is 1.73. The summed E-state index contributed by atoms with van der Waals surface area (Å²) in [5, 5.41) is 17.0. The Bertz CT molecular complexity index is 358. The molecule has 0 bridgehead atoms. The van der Waals surface area contributed by atoms with Crippen molar-refractivity contribution in [3.05, 3.63) is 22.0 Å². The molecule has 0 amide bonds. The fourth-order valence-corrected chi connectivity index (χ4v) is 1.74. The van der Waals surface area contributed by atoms with E-state index >= 15 is 0 Å². The van der Waals surface area contributed by atoms with Crippen LogP contribution in [0.25, 0.3) is 5.41 Å². The average molecular weight is 222 g/mol. The van der Waals surface area contributed by atoms with Gasteiger partial charge in [0.15, 0.2) is 5.69 Å². The third-order valence-corrected chi connectivity index (χ3v) is 2.59. The van der Waals surface area contributed by atoms with Gasteiger partial charge >= 0.3 is 0 Å². The summed E-state index contributed by atoms with van der Waals surface area (Å²) in [4.78, 5) is 2.58. The highest BCUT2D eigenvalue weighted by atomic mass is 32.1. The van der Waals surface area contributed by atoms with Crippen LogP contribution in [0.4, 0.5) is 0 Å². The van der Waals surface area contributed by atoms with Gasteiger partial charge in [-0.1, -0.05) is 24.7 Å². The fourth-order valence-electron chi connectivity index (χ4n) is 0.933. The lowest BCUT2D eigenvalue weighted by Gasteiger charge is -1.90. The van der Waals surface area contributed by atoms with E-state index in [2.05, 4.69) is 34.3 Å². The maximum absolute atomic E-state index is 7.43. The minimum absolute atomic E-state index is 1.19. The summed E-state index contributed by atoms with van der Waals surface area (Å²) >= 11 is 1.78. The van der Waals surface area contributed by atoms with Gasteiger partial charge in [0.2, 0.25) is 5.51 Å². The first-order chi connectivity index (χ1) is 7.26. The number of nitrogens with zero attached hydrogens (tertiary/aromatic N) is 4. The van der Waals surface area contributed by atoms with Crippen LogP contribution in [-0.4, -0.2) is 6.01 Å². The Hall–Kier alpha value is -1.50. The quantitative estimate of drug-likeness (QED) is 0.440. The summed E-state index contributed by atoms with van der Waals surface area (Å²) in [5.41, 5.74) is 3.57. The normalized spacial score (nSPS) is 8.07. The summed E-state index contributed by atoms with van der Waals surface area (Å²) < 4.78 is 2.31. The molecule has 0 aliphatic heterocycles. The van der Waals surface area contributed by atoms with Crippen molar-refractivity contribution in [2.75, 3.05) is 0 Å². The Labute approximate surface area is 94.0 Å². The largest absolute Gasteiger partial charge is 0.422 e. The van der Waals surface area contributed by atoms with Crippen molar-refractivity contribution >= 4 is 17.3 Å². The standard InChI is InChI=1S/C8H14NS.C2N3/c1-3-4-5-9-7-10-6-8(9)2;3-1-5-2-4/h6-7H,3-5H2,1-2H3;/q+1;-1. The Morgan fingerprint density at radius 3 is 2.73 bits per heavy atom. The highest BCUT2D eigenvalue weighted by molar-refractivity contribution is 7.07. The zero-order chi connectivity index (χ0) is 11.5. The fraction of sp³-hybridized carbons (Fsp3) is 0.500. The average Bonchev–Trinajstić information content (AvgIpc) is 2.63. The summed E-state index contributed by atoms with van der Waals surface area (Å²) in [5.74, 6) is 0. The number of aromatic nitrogens is 1. The molecule has 4 nitrogen and oxygen atoms in total. The zero-order valence-electron chi connectivity index (χ0n) is 8.97. The number of rotatable bonds is 3. The van der Waals surface area contributed by atoms with Gasteiger partial charge in [0, 0.05) is 13.3 Å². The lowest BCUT2D eigenvalue weighted by molar-refractivity contribution is -0.698. The maximum Gasteiger partial charge on any atom is 0.224 e. The maximum atomic E-state index is 7.43. The van der Waals surface area contributed by atoms with Crippen LogP contribution in [0.15, 0.2) is 15.9 Å². The predicted molar refractivity (Wildman–Crippen MR) is 60.6 cm³/mol. The third kappa shape index (κ3) is 6.55. The van der Waals surface area contributed by atoms with Crippen LogP contribution in [0.3, 0.4) is 0 Å². The molecule has 5 heteroatoms. The molecule has 1 heterocycles. The number of aryl methyl sites for hydroxylation is 2. The van der Waals surface area contributed by atoms with E-state index in [9.17, 15) is 0 Å². The van der Waals surface area contributed by atoms with Gasteiger partial charge < -0.3 is 10.4 Å². The number of unbranched alkanes of at least 4 members (excludes halogenated alkanes) is 1. The number of thiazole rings is 1. The smallest absolute Gasteiger partial charge is 0.224 e. The van der Waals surface area contributed by atoms with Crippen LogP contribution < -0.4 is 4.57 Å². The minimum atomic E-state index is 1.19. The lowest BCUT2D eigenvalue weighted by atomic mass is 10.3. The van der Waals surface area contributed by atoms with E-state index in [1.54, 1.807) is 11.3 Å². The summed E-state index contributed by atoms with van der Waals surface area (Å²) in [6, 6.07) is 1.28. The molecule has 1 rings (SSSR count). The first-order valence-electron chi connectivity index (χ1n) is 4.66. The van der Waals surface area contributed by atoms with Crippen molar-refractivity contribution < 1.29 is 4.57 Å². The van der Waals surface area contributed by atoms with E-state index < -0.39 is 0 Å². The molecule has 80 valence electrons. The van der Waals surface area contributed by atoms with Crippen LogP contribution in [0.5, 0.6) is 0 Å². The van der Waals surface area contributed by atoms with Gasteiger partial charge in [-0.05, 0) is 0 Å². The first kappa shape index (κ1) is 13.5. The molecule has 0 aliphatic rings. The van der Waals surface area contributed by atoms with Gasteiger partial charge in [-0.3, -0.25) is 0 Å². The number of nitriles is 1. The van der Waals surface area contributed by atoms with Gasteiger partial charge in [-0.2, -0.15) is 9.83 Å². The van der Waals surface area contributed by atoms with Crippen molar-refractivity contribution in [3.8, 4) is 6.19 Å².